The Bertz CT molecular complexity index is 387. The van der Waals surface area contributed by atoms with Crippen LogP contribution < -0.4 is 5.73 Å². The molecule has 86 valence electrons. The van der Waals surface area contributed by atoms with Crippen molar-refractivity contribution >= 4 is 23.8 Å². The van der Waals surface area contributed by atoms with Gasteiger partial charge in [-0.2, -0.15) is 0 Å². The standard InChI is InChI=1S/C9H13N5O2/c1-2-3-16-5-14-8(15)6-7(12-4-11-6)13-9(14)10/h4,9H,2-3,5,10H2,1H3. The Morgan fingerprint density at radius 2 is 2.44 bits per heavy atom. The Kier molecular flexibility index (Phi) is 3.07. The highest BCUT2D eigenvalue weighted by Gasteiger charge is 2.34. The second-order valence-corrected chi connectivity index (χ2v) is 3.40. The first-order chi connectivity index (χ1) is 7.74. The first kappa shape index (κ1) is 10.9. The molecule has 2 aliphatic heterocycles. The molecular weight excluding hydrogens is 210 g/mol. The Balaban J connectivity index is 2.08. The largest absolute Gasteiger partial charge is 0.361 e. The van der Waals surface area contributed by atoms with Gasteiger partial charge in [0.05, 0.1) is 0 Å². The molecule has 2 rings (SSSR count). The highest BCUT2D eigenvalue weighted by molar-refractivity contribution is 6.69. The third kappa shape index (κ3) is 1.86. The van der Waals surface area contributed by atoms with E-state index in [0.717, 1.165) is 6.42 Å². The molecule has 0 bridgehead atoms. The van der Waals surface area contributed by atoms with Gasteiger partial charge in [0, 0.05) is 6.61 Å². The number of nitrogens with zero attached hydrogens (tertiary/aromatic N) is 4. The number of hydrogen-bond donors (Lipinski definition) is 1. The van der Waals surface area contributed by atoms with Gasteiger partial charge in [-0.25, -0.2) is 15.0 Å². The number of carbonyl (C=O) groups excluding carboxylic acids is 1. The molecule has 0 spiro atoms. The predicted octanol–water partition coefficient (Wildman–Crippen LogP) is -0.664. The van der Waals surface area contributed by atoms with Gasteiger partial charge < -0.3 is 4.74 Å². The van der Waals surface area contributed by atoms with Crippen molar-refractivity contribution in [1.82, 2.24) is 4.90 Å². The van der Waals surface area contributed by atoms with Crippen molar-refractivity contribution in [2.75, 3.05) is 13.3 Å². The molecule has 7 nitrogen and oxygen atoms in total. The first-order valence-corrected chi connectivity index (χ1v) is 5.07. The summed E-state index contributed by atoms with van der Waals surface area (Å²) in [6, 6.07) is 0. The number of fused-ring (bicyclic) bond motifs is 1. The van der Waals surface area contributed by atoms with Crippen LogP contribution in [0.3, 0.4) is 0 Å². The lowest BCUT2D eigenvalue weighted by atomic mass is 10.2. The molecule has 0 saturated heterocycles. The summed E-state index contributed by atoms with van der Waals surface area (Å²) in [5.41, 5.74) is 5.95. The van der Waals surface area contributed by atoms with Crippen LogP contribution in [0.2, 0.25) is 0 Å². The van der Waals surface area contributed by atoms with Crippen molar-refractivity contribution < 1.29 is 9.53 Å². The molecule has 1 unspecified atom stereocenters. The van der Waals surface area contributed by atoms with E-state index in [9.17, 15) is 4.79 Å². The molecule has 0 aromatic rings. The molecular formula is C9H13N5O2. The second kappa shape index (κ2) is 4.50. The average molecular weight is 223 g/mol. The number of nitrogens with two attached hydrogens (primary N) is 1. The van der Waals surface area contributed by atoms with Crippen LogP contribution >= 0.6 is 0 Å². The number of rotatable bonds is 4. The van der Waals surface area contributed by atoms with Crippen LogP contribution in [0, 0.1) is 0 Å². The molecule has 16 heavy (non-hydrogen) atoms. The van der Waals surface area contributed by atoms with Crippen molar-refractivity contribution in [1.29, 1.82) is 0 Å². The molecule has 2 aliphatic rings. The molecule has 0 aromatic carbocycles. The summed E-state index contributed by atoms with van der Waals surface area (Å²) in [7, 11) is 0. The highest BCUT2D eigenvalue weighted by Crippen LogP contribution is 2.10. The topological polar surface area (TPSA) is 92.6 Å². The fourth-order valence-corrected chi connectivity index (χ4v) is 1.40. The quantitative estimate of drug-likeness (QED) is 0.641. The van der Waals surface area contributed by atoms with Crippen LogP contribution in [0.25, 0.3) is 0 Å². The van der Waals surface area contributed by atoms with E-state index in [1.807, 2.05) is 6.92 Å². The van der Waals surface area contributed by atoms with Crippen LogP contribution in [-0.2, 0) is 9.53 Å². The highest BCUT2D eigenvalue weighted by atomic mass is 16.5. The molecule has 0 aliphatic carbocycles. The minimum absolute atomic E-state index is 0.129. The van der Waals surface area contributed by atoms with Crippen molar-refractivity contribution in [3.05, 3.63) is 0 Å². The van der Waals surface area contributed by atoms with Crippen molar-refractivity contribution in [2.45, 2.75) is 19.6 Å². The average Bonchev–Trinajstić information content (AvgIpc) is 2.71. The smallest absolute Gasteiger partial charge is 0.280 e. The SMILES string of the molecule is CCCOCN1C(=O)C2=NC=NC2=NC1N. The monoisotopic (exact) mass is 223 g/mol. The molecule has 1 atom stereocenters. The minimum Gasteiger partial charge on any atom is -0.361 e. The van der Waals surface area contributed by atoms with Crippen molar-refractivity contribution in [2.24, 2.45) is 20.7 Å². The van der Waals surface area contributed by atoms with E-state index in [2.05, 4.69) is 15.0 Å². The van der Waals surface area contributed by atoms with Gasteiger partial charge in [0.25, 0.3) is 5.91 Å². The van der Waals surface area contributed by atoms with Crippen LogP contribution in [0.1, 0.15) is 13.3 Å². The van der Waals surface area contributed by atoms with Gasteiger partial charge >= 0.3 is 0 Å². The van der Waals surface area contributed by atoms with E-state index in [4.69, 9.17) is 10.5 Å². The maximum Gasteiger partial charge on any atom is 0.280 e. The van der Waals surface area contributed by atoms with Gasteiger partial charge in [0.15, 0.2) is 17.8 Å². The number of amidine groups is 1. The fourth-order valence-electron chi connectivity index (χ4n) is 1.40. The maximum absolute atomic E-state index is 11.9. The van der Waals surface area contributed by atoms with Gasteiger partial charge in [-0.05, 0) is 6.42 Å². The lowest BCUT2D eigenvalue weighted by molar-refractivity contribution is -0.132. The third-order valence-electron chi connectivity index (χ3n) is 2.19. The molecule has 2 heterocycles. The summed E-state index contributed by atoms with van der Waals surface area (Å²) in [5, 5.41) is 0. The molecule has 0 saturated carbocycles. The fraction of sp³-hybridized carbons (Fsp3) is 0.556. The Hall–Kier alpha value is -1.60. The predicted molar refractivity (Wildman–Crippen MR) is 59.3 cm³/mol. The molecule has 0 radical (unpaired) electrons. The van der Waals surface area contributed by atoms with Gasteiger partial charge in [0.2, 0.25) is 0 Å². The lowest BCUT2D eigenvalue weighted by Gasteiger charge is -2.29. The molecule has 0 aromatic heterocycles. The number of amides is 1. The zero-order valence-electron chi connectivity index (χ0n) is 8.96. The van der Waals surface area contributed by atoms with E-state index >= 15 is 0 Å². The van der Waals surface area contributed by atoms with Crippen LogP contribution in [-0.4, -0.2) is 48.3 Å². The molecule has 7 heteroatoms. The van der Waals surface area contributed by atoms with Crippen molar-refractivity contribution in [3.63, 3.8) is 0 Å². The number of ether oxygens (including phenoxy) is 1. The van der Waals surface area contributed by atoms with E-state index in [1.54, 1.807) is 0 Å². The molecule has 1 amide bonds. The van der Waals surface area contributed by atoms with E-state index in [-0.39, 0.29) is 18.3 Å². The van der Waals surface area contributed by atoms with Gasteiger partial charge in [0.1, 0.15) is 13.1 Å². The van der Waals surface area contributed by atoms with Crippen LogP contribution in [0.15, 0.2) is 15.0 Å². The van der Waals surface area contributed by atoms with Gasteiger partial charge in [-0.3, -0.25) is 15.4 Å². The van der Waals surface area contributed by atoms with E-state index in [1.165, 1.54) is 11.2 Å². The zero-order chi connectivity index (χ0) is 11.5. The summed E-state index contributed by atoms with van der Waals surface area (Å²) in [6.45, 7) is 2.70. The minimum atomic E-state index is -0.742. The Morgan fingerprint density at radius 3 is 3.19 bits per heavy atom. The van der Waals surface area contributed by atoms with Crippen LogP contribution in [0.4, 0.5) is 0 Å². The summed E-state index contributed by atoms with van der Waals surface area (Å²) in [4.78, 5) is 24.9. The third-order valence-corrected chi connectivity index (χ3v) is 2.19. The van der Waals surface area contributed by atoms with Gasteiger partial charge in [-0.1, -0.05) is 6.92 Å². The molecule has 0 fully saturated rings. The number of aliphatic imine (C=N–C) groups is 3. The number of carbonyl (C=O) groups is 1. The van der Waals surface area contributed by atoms with E-state index < -0.39 is 6.29 Å². The summed E-state index contributed by atoms with van der Waals surface area (Å²) in [5.74, 6) is 0.0235. The summed E-state index contributed by atoms with van der Waals surface area (Å²) in [6.07, 6.45) is 1.44. The summed E-state index contributed by atoms with van der Waals surface area (Å²) < 4.78 is 5.27. The Labute approximate surface area is 92.7 Å². The lowest BCUT2D eigenvalue weighted by Crippen LogP contribution is -2.53. The normalized spacial score (nSPS) is 23.2. The van der Waals surface area contributed by atoms with Gasteiger partial charge in [-0.15, -0.1) is 0 Å². The maximum atomic E-state index is 11.9. The molecule has 2 N–H and O–H groups in total. The zero-order valence-corrected chi connectivity index (χ0v) is 8.96. The van der Waals surface area contributed by atoms with Crippen molar-refractivity contribution in [3.8, 4) is 0 Å². The first-order valence-electron chi connectivity index (χ1n) is 5.07. The summed E-state index contributed by atoms with van der Waals surface area (Å²) >= 11 is 0. The second-order valence-electron chi connectivity index (χ2n) is 3.40. The van der Waals surface area contributed by atoms with E-state index in [0.29, 0.717) is 12.4 Å². The number of hydrogen-bond acceptors (Lipinski definition) is 6. The van der Waals surface area contributed by atoms with Crippen LogP contribution in [0.5, 0.6) is 0 Å². The Morgan fingerprint density at radius 1 is 1.62 bits per heavy atom.